The highest BCUT2D eigenvalue weighted by atomic mass is 16.3. The van der Waals surface area contributed by atoms with Gasteiger partial charge in [-0.05, 0) is 69.4 Å². The van der Waals surface area contributed by atoms with Gasteiger partial charge in [0.25, 0.3) is 5.91 Å². The lowest BCUT2D eigenvalue weighted by Gasteiger charge is -2.31. The number of rotatable bonds is 7. The molecular weight excluding hydrogens is 454 g/mol. The number of piperidine rings is 1. The summed E-state index contributed by atoms with van der Waals surface area (Å²) in [4.78, 5) is 32.5. The van der Waals surface area contributed by atoms with Crippen molar-refractivity contribution in [2.75, 3.05) is 18.4 Å². The first-order valence-corrected chi connectivity index (χ1v) is 13.4. The number of nitrogens with zero attached hydrogens (tertiary/aromatic N) is 6. The lowest BCUT2D eigenvalue weighted by Crippen LogP contribution is -2.38. The summed E-state index contributed by atoms with van der Waals surface area (Å²) >= 11 is 0. The molecule has 4 heterocycles. The Morgan fingerprint density at radius 3 is 2.64 bits per heavy atom. The topological polar surface area (TPSA) is 109 Å². The molecule has 3 aromatic heterocycles. The number of hydrogen-bond donors (Lipinski definition) is 2. The molecule has 2 N–H and O–H groups in total. The van der Waals surface area contributed by atoms with E-state index in [1.807, 2.05) is 11.1 Å². The van der Waals surface area contributed by atoms with Gasteiger partial charge in [0.1, 0.15) is 17.7 Å². The van der Waals surface area contributed by atoms with Gasteiger partial charge < -0.3 is 19.9 Å². The number of nitrogens with one attached hydrogen (secondary N) is 1. The van der Waals surface area contributed by atoms with E-state index in [-0.39, 0.29) is 12.0 Å². The van der Waals surface area contributed by atoms with Crippen molar-refractivity contribution in [1.29, 1.82) is 0 Å². The van der Waals surface area contributed by atoms with Crippen LogP contribution in [0, 0.1) is 0 Å². The van der Waals surface area contributed by atoms with Crippen LogP contribution in [0.15, 0.2) is 31.0 Å². The Labute approximate surface area is 212 Å². The number of fused-ring (bicyclic) bond motifs is 1. The van der Waals surface area contributed by atoms with E-state index in [0.717, 1.165) is 62.4 Å². The standard InChI is InChI=1S/C27H37N7O2/c1-3-4-18(2)31-27-29-15-22-23(16-34(25(22)32-27)20-5-7-21(35)8-6-20)19-10-13-33(14-11-19)26(36)24-9-12-28-17-30-24/h9,12,15-21,35H,3-8,10-11,13-14H2,1-2H3,(H,29,31,32). The van der Waals surface area contributed by atoms with Crippen LogP contribution in [0.25, 0.3) is 11.0 Å². The van der Waals surface area contributed by atoms with Gasteiger partial charge in [-0.2, -0.15) is 4.98 Å². The smallest absolute Gasteiger partial charge is 0.272 e. The predicted octanol–water partition coefficient (Wildman–Crippen LogP) is 4.32. The van der Waals surface area contributed by atoms with Crippen LogP contribution in [-0.4, -0.2) is 65.7 Å². The fourth-order valence-electron chi connectivity index (χ4n) is 5.76. The first-order chi connectivity index (χ1) is 17.5. The Morgan fingerprint density at radius 2 is 1.94 bits per heavy atom. The van der Waals surface area contributed by atoms with Crippen molar-refractivity contribution in [2.24, 2.45) is 0 Å². The molecule has 3 aromatic rings. The fourth-order valence-corrected chi connectivity index (χ4v) is 5.76. The zero-order valence-corrected chi connectivity index (χ0v) is 21.3. The monoisotopic (exact) mass is 491 g/mol. The van der Waals surface area contributed by atoms with E-state index in [0.29, 0.717) is 42.7 Å². The third-order valence-corrected chi connectivity index (χ3v) is 7.78. The van der Waals surface area contributed by atoms with Crippen LogP contribution in [0.4, 0.5) is 5.95 Å². The highest BCUT2D eigenvalue weighted by Gasteiger charge is 2.30. The summed E-state index contributed by atoms with van der Waals surface area (Å²) in [6.45, 7) is 5.75. The summed E-state index contributed by atoms with van der Waals surface area (Å²) in [5.74, 6) is 0.994. The van der Waals surface area contributed by atoms with Crippen LogP contribution in [0.5, 0.6) is 0 Å². The number of carbonyl (C=O) groups is 1. The van der Waals surface area contributed by atoms with E-state index >= 15 is 0 Å². The lowest BCUT2D eigenvalue weighted by molar-refractivity contribution is 0.0707. The van der Waals surface area contributed by atoms with Crippen molar-refractivity contribution in [3.05, 3.63) is 42.2 Å². The Kier molecular flexibility index (Phi) is 7.46. The summed E-state index contributed by atoms with van der Waals surface area (Å²) in [7, 11) is 0. The van der Waals surface area contributed by atoms with Crippen molar-refractivity contribution in [3.8, 4) is 0 Å². The molecule has 1 aliphatic carbocycles. The number of hydrogen-bond acceptors (Lipinski definition) is 7. The Balaban J connectivity index is 1.39. The molecule has 0 bridgehead atoms. The molecule has 2 fully saturated rings. The molecule has 1 saturated carbocycles. The molecule has 0 spiro atoms. The fraction of sp³-hybridized carbons (Fsp3) is 0.593. The number of amides is 1. The van der Waals surface area contributed by atoms with Gasteiger partial charge in [-0.3, -0.25) is 4.79 Å². The summed E-state index contributed by atoms with van der Waals surface area (Å²) in [5.41, 5.74) is 2.70. The maximum atomic E-state index is 12.8. The summed E-state index contributed by atoms with van der Waals surface area (Å²) < 4.78 is 2.34. The number of likely N-dealkylation sites (tertiary alicyclic amines) is 1. The lowest BCUT2D eigenvalue weighted by atomic mass is 9.89. The second kappa shape index (κ2) is 10.9. The van der Waals surface area contributed by atoms with Gasteiger partial charge in [0.15, 0.2) is 0 Å². The minimum atomic E-state index is -0.193. The normalized spacial score (nSPS) is 22.0. The van der Waals surface area contributed by atoms with Gasteiger partial charge >= 0.3 is 0 Å². The van der Waals surface area contributed by atoms with Gasteiger partial charge in [-0.25, -0.2) is 15.0 Å². The summed E-state index contributed by atoms with van der Waals surface area (Å²) in [6.07, 6.45) is 14.6. The van der Waals surface area contributed by atoms with Crippen molar-refractivity contribution >= 4 is 22.9 Å². The van der Waals surface area contributed by atoms with Crippen LogP contribution >= 0.6 is 0 Å². The van der Waals surface area contributed by atoms with E-state index in [9.17, 15) is 9.90 Å². The van der Waals surface area contributed by atoms with E-state index in [1.165, 1.54) is 11.9 Å². The molecule has 9 heteroatoms. The molecule has 5 rings (SSSR count). The third-order valence-electron chi connectivity index (χ3n) is 7.78. The van der Waals surface area contributed by atoms with Crippen molar-refractivity contribution in [3.63, 3.8) is 0 Å². The molecule has 0 aromatic carbocycles. The predicted molar refractivity (Wildman–Crippen MR) is 139 cm³/mol. The summed E-state index contributed by atoms with van der Waals surface area (Å²) in [6, 6.07) is 2.32. The van der Waals surface area contributed by atoms with E-state index in [2.05, 4.69) is 44.9 Å². The maximum Gasteiger partial charge on any atom is 0.272 e. The van der Waals surface area contributed by atoms with Crippen LogP contribution < -0.4 is 5.32 Å². The number of carbonyl (C=O) groups excluding carboxylic acids is 1. The zero-order valence-electron chi connectivity index (χ0n) is 21.3. The second-order valence-electron chi connectivity index (χ2n) is 10.4. The molecule has 1 aliphatic heterocycles. The van der Waals surface area contributed by atoms with Crippen molar-refractivity contribution in [2.45, 2.75) is 89.3 Å². The summed E-state index contributed by atoms with van der Waals surface area (Å²) in [5, 5.41) is 14.6. The number of aliphatic hydroxyl groups is 1. The second-order valence-corrected chi connectivity index (χ2v) is 10.4. The zero-order chi connectivity index (χ0) is 25.1. The minimum absolute atomic E-state index is 0.0284. The number of aliphatic hydroxyl groups excluding tert-OH is 1. The Bertz CT molecular complexity index is 1170. The van der Waals surface area contributed by atoms with E-state index < -0.39 is 0 Å². The van der Waals surface area contributed by atoms with E-state index in [1.54, 1.807) is 12.3 Å². The molecule has 9 nitrogen and oxygen atoms in total. The van der Waals surface area contributed by atoms with Crippen molar-refractivity contribution < 1.29 is 9.90 Å². The average molecular weight is 492 g/mol. The molecule has 1 unspecified atom stereocenters. The van der Waals surface area contributed by atoms with Crippen LogP contribution in [0.3, 0.4) is 0 Å². The largest absolute Gasteiger partial charge is 0.393 e. The van der Waals surface area contributed by atoms with Gasteiger partial charge in [0, 0.05) is 49.1 Å². The average Bonchev–Trinajstić information content (AvgIpc) is 3.28. The maximum absolute atomic E-state index is 12.8. The minimum Gasteiger partial charge on any atom is -0.393 e. The molecule has 1 saturated heterocycles. The van der Waals surface area contributed by atoms with Crippen molar-refractivity contribution in [1.82, 2.24) is 29.4 Å². The Hall–Kier alpha value is -3.07. The van der Waals surface area contributed by atoms with Gasteiger partial charge in [0.05, 0.1) is 6.10 Å². The van der Waals surface area contributed by atoms with Gasteiger partial charge in [-0.1, -0.05) is 13.3 Å². The Morgan fingerprint density at radius 1 is 1.17 bits per heavy atom. The molecule has 1 amide bonds. The molecule has 36 heavy (non-hydrogen) atoms. The SMILES string of the molecule is CCCC(C)Nc1ncc2c(C3CCN(C(=O)c4ccncn4)CC3)cn(C3CCC(O)CC3)c2n1. The van der Waals surface area contributed by atoms with Crippen LogP contribution in [-0.2, 0) is 0 Å². The first-order valence-electron chi connectivity index (χ1n) is 13.4. The molecule has 192 valence electrons. The first kappa shape index (κ1) is 24.6. The number of aromatic nitrogens is 5. The molecular formula is C27H37N7O2. The molecule has 2 aliphatic rings. The quantitative estimate of drug-likeness (QED) is 0.507. The van der Waals surface area contributed by atoms with Crippen LogP contribution in [0.2, 0.25) is 0 Å². The van der Waals surface area contributed by atoms with Crippen LogP contribution in [0.1, 0.15) is 93.2 Å². The highest BCUT2D eigenvalue weighted by Crippen LogP contribution is 2.38. The third kappa shape index (κ3) is 5.21. The van der Waals surface area contributed by atoms with Gasteiger partial charge in [-0.15, -0.1) is 0 Å². The van der Waals surface area contributed by atoms with Gasteiger partial charge in [0.2, 0.25) is 5.95 Å². The molecule has 0 radical (unpaired) electrons. The number of anilines is 1. The highest BCUT2D eigenvalue weighted by molar-refractivity contribution is 5.92. The molecule has 1 atom stereocenters. The van der Waals surface area contributed by atoms with E-state index in [4.69, 9.17) is 4.98 Å².